The number of carbonyl (C=O) groups excluding carboxylic acids is 1. The van der Waals surface area contributed by atoms with Gasteiger partial charge in [0.05, 0.1) is 6.33 Å². The van der Waals surface area contributed by atoms with E-state index in [1.165, 1.54) is 17.0 Å². The van der Waals surface area contributed by atoms with Gasteiger partial charge in [-0.1, -0.05) is 23.7 Å². The van der Waals surface area contributed by atoms with Gasteiger partial charge in [-0.2, -0.15) is 0 Å². The normalized spacial score (nSPS) is 10.2. The van der Waals surface area contributed by atoms with Gasteiger partial charge in [-0.3, -0.25) is 14.2 Å². The Hall–Kier alpha value is -2.14. The molecule has 5 nitrogen and oxygen atoms in total. The van der Waals surface area contributed by atoms with Crippen molar-refractivity contribution in [3.63, 3.8) is 0 Å². The summed E-state index contributed by atoms with van der Waals surface area (Å²) in [4.78, 5) is 27.1. The van der Waals surface area contributed by atoms with Crippen LogP contribution in [0.1, 0.15) is 5.56 Å². The summed E-state index contributed by atoms with van der Waals surface area (Å²) in [7, 11) is 0. The number of nitrogens with one attached hydrogen (secondary N) is 1. The molecule has 1 aromatic carbocycles. The topological polar surface area (TPSA) is 64.0 Å². The third kappa shape index (κ3) is 3.66. The number of rotatable bonds is 3. The lowest BCUT2D eigenvalue weighted by Crippen LogP contribution is -2.27. The second kappa shape index (κ2) is 5.67. The SMILES string of the molecule is Cc1cccc(NC(=O)Cn2cnc(Cl)cc2=O)c1. The molecule has 0 radical (unpaired) electrons. The van der Waals surface area contributed by atoms with Gasteiger partial charge in [0.1, 0.15) is 11.7 Å². The third-order valence-corrected chi connectivity index (χ3v) is 2.67. The summed E-state index contributed by atoms with van der Waals surface area (Å²) in [6, 6.07) is 8.58. The largest absolute Gasteiger partial charge is 0.325 e. The van der Waals surface area contributed by atoms with E-state index in [2.05, 4.69) is 10.3 Å². The Morgan fingerprint density at radius 3 is 2.89 bits per heavy atom. The van der Waals surface area contributed by atoms with Gasteiger partial charge >= 0.3 is 0 Å². The van der Waals surface area contributed by atoms with Gasteiger partial charge in [0, 0.05) is 11.8 Å². The third-order valence-electron chi connectivity index (χ3n) is 2.46. The Bertz CT molecular complexity index is 667. The first-order valence-corrected chi connectivity index (χ1v) is 6.01. The van der Waals surface area contributed by atoms with Crippen molar-refractivity contribution in [3.8, 4) is 0 Å². The Kier molecular flexibility index (Phi) is 3.97. The maximum absolute atomic E-state index is 11.8. The standard InChI is InChI=1S/C13H12ClN3O2/c1-9-3-2-4-10(5-9)16-12(18)7-17-8-15-11(14)6-13(17)19/h2-6,8H,7H2,1H3,(H,16,18). The zero-order valence-corrected chi connectivity index (χ0v) is 11.0. The van der Waals surface area contributed by atoms with Gasteiger partial charge in [-0.25, -0.2) is 4.98 Å². The van der Waals surface area contributed by atoms with Crippen LogP contribution in [0.25, 0.3) is 0 Å². The van der Waals surface area contributed by atoms with Gasteiger partial charge in [0.25, 0.3) is 5.56 Å². The highest BCUT2D eigenvalue weighted by Crippen LogP contribution is 2.09. The molecule has 0 saturated heterocycles. The second-order valence-corrected chi connectivity index (χ2v) is 4.48. The van der Waals surface area contributed by atoms with Gasteiger partial charge in [-0.15, -0.1) is 0 Å². The number of carbonyl (C=O) groups is 1. The molecule has 0 aliphatic heterocycles. The fourth-order valence-electron chi connectivity index (χ4n) is 1.60. The molecule has 0 fully saturated rings. The van der Waals surface area contributed by atoms with Crippen LogP contribution in [-0.4, -0.2) is 15.5 Å². The van der Waals surface area contributed by atoms with Crippen LogP contribution >= 0.6 is 11.6 Å². The number of anilines is 1. The van der Waals surface area contributed by atoms with E-state index in [0.29, 0.717) is 5.69 Å². The summed E-state index contributed by atoms with van der Waals surface area (Å²) in [5.41, 5.74) is 1.38. The molecule has 0 spiro atoms. The van der Waals surface area contributed by atoms with Crippen LogP contribution in [0.15, 0.2) is 41.5 Å². The number of aromatic nitrogens is 2. The molecule has 0 aliphatic rings. The van der Waals surface area contributed by atoms with E-state index in [1.54, 1.807) is 6.07 Å². The van der Waals surface area contributed by atoms with Crippen molar-refractivity contribution in [1.29, 1.82) is 0 Å². The summed E-state index contributed by atoms with van der Waals surface area (Å²) in [6.07, 6.45) is 1.25. The van der Waals surface area contributed by atoms with Crippen molar-refractivity contribution in [2.45, 2.75) is 13.5 Å². The molecule has 1 N–H and O–H groups in total. The van der Waals surface area contributed by atoms with Gasteiger partial charge < -0.3 is 5.32 Å². The van der Waals surface area contributed by atoms with Crippen LogP contribution in [0.3, 0.4) is 0 Å². The first-order valence-electron chi connectivity index (χ1n) is 5.63. The van der Waals surface area contributed by atoms with E-state index in [4.69, 9.17) is 11.6 Å². The monoisotopic (exact) mass is 277 g/mol. The molecule has 6 heteroatoms. The molecule has 0 bridgehead atoms. The first-order chi connectivity index (χ1) is 9.04. The molecular weight excluding hydrogens is 266 g/mol. The zero-order valence-electron chi connectivity index (χ0n) is 10.3. The molecular formula is C13H12ClN3O2. The van der Waals surface area contributed by atoms with E-state index in [-0.39, 0.29) is 23.2 Å². The van der Waals surface area contributed by atoms with Crippen molar-refractivity contribution in [2.24, 2.45) is 0 Å². The summed E-state index contributed by atoms with van der Waals surface area (Å²) < 4.78 is 1.19. The van der Waals surface area contributed by atoms with Crippen molar-refractivity contribution in [2.75, 3.05) is 5.32 Å². The van der Waals surface area contributed by atoms with Gasteiger partial charge in [-0.05, 0) is 24.6 Å². The Morgan fingerprint density at radius 1 is 1.42 bits per heavy atom. The summed E-state index contributed by atoms with van der Waals surface area (Å²) in [6.45, 7) is 1.83. The smallest absolute Gasteiger partial charge is 0.255 e. The highest BCUT2D eigenvalue weighted by Gasteiger charge is 2.06. The molecule has 2 aromatic rings. The van der Waals surface area contributed by atoms with E-state index in [9.17, 15) is 9.59 Å². The van der Waals surface area contributed by atoms with E-state index < -0.39 is 0 Å². The molecule has 0 aliphatic carbocycles. The Labute approximate surface area is 114 Å². The summed E-state index contributed by atoms with van der Waals surface area (Å²) in [5, 5.41) is 2.83. The Morgan fingerprint density at radius 2 is 2.21 bits per heavy atom. The minimum absolute atomic E-state index is 0.100. The van der Waals surface area contributed by atoms with Crippen LogP contribution in [0.2, 0.25) is 5.15 Å². The number of amides is 1. The van der Waals surface area contributed by atoms with Crippen molar-refractivity contribution in [1.82, 2.24) is 9.55 Å². The molecule has 2 rings (SSSR count). The minimum atomic E-state index is -0.362. The lowest BCUT2D eigenvalue weighted by atomic mass is 10.2. The lowest BCUT2D eigenvalue weighted by molar-refractivity contribution is -0.116. The van der Waals surface area contributed by atoms with Crippen LogP contribution in [0.4, 0.5) is 5.69 Å². The molecule has 98 valence electrons. The molecule has 1 amide bonds. The van der Waals surface area contributed by atoms with Gasteiger partial charge in [0.2, 0.25) is 5.91 Å². The average molecular weight is 278 g/mol. The number of benzene rings is 1. The van der Waals surface area contributed by atoms with Crippen LogP contribution in [0, 0.1) is 6.92 Å². The maximum atomic E-state index is 11.8. The predicted octanol–water partition coefficient (Wildman–Crippen LogP) is 1.84. The number of hydrogen-bond acceptors (Lipinski definition) is 3. The Balaban J connectivity index is 2.07. The second-order valence-electron chi connectivity index (χ2n) is 4.10. The molecule has 1 aromatic heterocycles. The molecule has 0 unspecified atom stereocenters. The first kappa shape index (κ1) is 13.3. The highest BCUT2D eigenvalue weighted by atomic mass is 35.5. The number of halogens is 1. The molecule has 0 atom stereocenters. The average Bonchev–Trinajstić information content (AvgIpc) is 2.33. The zero-order chi connectivity index (χ0) is 13.8. The van der Waals surface area contributed by atoms with Crippen LogP contribution in [0.5, 0.6) is 0 Å². The van der Waals surface area contributed by atoms with E-state index in [0.717, 1.165) is 5.56 Å². The van der Waals surface area contributed by atoms with E-state index in [1.807, 2.05) is 25.1 Å². The molecule has 1 heterocycles. The quantitative estimate of drug-likeness (QED) is 0.871. The maximum Gasteiger partial charge on any atom is 0.255 e. The minimum Gasteiger partial charge on any atom is -0.325 e. The van der Waals surface area contributed by atoms with Crippen molar-refractivity contribution in [3.05, 3.63) is 57.7 Å². The fourth-order valence-corrected chi connectivity index (χ4v) is 1.74. The number of nitrogens with zero attached hydrogens (tertiary/aromatic N) is 2. The fraction of sp³-hybridized carbons (Fsp3) is 0.154. The molecule has 0 saturated carbocycles. The van der Waals surface area contributed by atoms with Crippen LogP contribution < -0.4 is 10.9 Å². The van der Waals surface area contributed by atoms with Crippen LogP contribution in [-0.2, 0) is 11.3 Å². The molecule has 19 heavy (non-hydrogen) atoms. The van der Waals surface area contributed by atoms with Gasteiger partial charge in [0.15, 0.2) is 0 Å². The van der Waals surface area contributed by atoms with Crippen molar-refractivity contribution < 1.29 is 4.79 Å². The number of hydrogen-bond donors (Lipinski definition) is 1. The number of aryl methyl sites for hydroxylation is 1. The summed E-state index contributed by atoms with van der Waals surface area (Å²) in [5.74, 6) is -0.295. The highest BCUT2D eigenvalue weighted by molar-refractivity contribution is 6.29. The van der Waals surface area contributed by atoms with Crippen molar-refractivity contribution >= 4 is 23.2 Å². The lowest BCUT2D eigenvalue weighted by Gasteiger charge is -2.07. The predicted molar refractivity (Wildman–Crippen MR) is 73.3 cm³/mol. The van der Waals surface area contributed by atoms with E-state index >= 15 is 0 Å². The summed E-state index contributed by atoms with van der Waals surface area (Å²) >= 11 is 5.58.